The number of methoxy groups -OCH3 is 2. The molecule has 1 fully saturated rings. The van der Waals surface area contributed by atoms with E-state index in [4.69, 9.17) is 14.2 Å². The van der Waals surface area contributed by atoms with E-state index in [9.17, 15) is 9.59 Å². The highest BCUT2D eigenvalue weighted by atomic mass is 16.5. The van der Waals surface area contributed by atoms with Gasteiger partial charge in [-0.25, -0.2) is 0 Å². The monoisotopic (exact) mass is 385 g/mol. The molecule has 0 bridgehead atoms. The summed E-state index contributed by atoms with van der Waals surface area (Å²) in [6.07, 6.45) is 3.27. The number of pyridine rings is 1. The SMILES string of the molecule is COc1ccc([C@H]2NC(=O)CO[C@@H]2C(=O)NCCc2cccnc2)cc1OC. The molecule has 1 aromatic heterocycles. The average molecular weight is 385 g/mol. The third kappa shape index (κ3) is 4.58. The second kappa shape index (κ2) is 9.18. The number of carbonyl (C=O) groups is 2. The second-order valence-corrected chi connectivity index (χ2v) is 6.29. The summed E-state index contributed by atoms with van der Waals surface area (Å²) >= 11 is 0. The fourth-order valence-electron chi connectivity index (χ4n) is 3.06. The number of nitrogens with one attached hydrogen (secondary N) is 2. The normalized spacial score (nSPS) is 18.9. The maximum absolute atomic E-state index is 12.7. The van der Waals surface area contributed by atoms with Gasteiger partial charge in [0.2, 0.25) is 5.91 Å². The van der Waals surface area contributed by atoms with Crippen molar-refractivity contribution in [3.8, 4) is 11.5 Å². The van der Waals surface area contributed by atoms with Crippen LogP contribution in [0, 0.1) is 0 Å². The average Bonchev–Trinajstić information content (AvgIpc) is 2.73. The number of carbonyl (C=O) groups excluding carboxylic acids is 2. The molecule has 1 aliphatic rings. The van der Waals surface area contributed by atoms with E-state index >= 15 is 0 Å². The van der Waals surface area contributed by atoms with Crippen molar-refractivity contribution in [2.24, 2.45) is 0 Å². The molecule has 0 aliphatic carbocycles. The number of morpholine rings is 1. The lowest BCUT2D eigenvalue weighted by molar-refractivity contribution is -0.148. The van der Waals surface area contributed by atoms with E-state index < -0.39 is 12.1 Å². The Labute approximate surface area is 163 Å². The lowest BCUT2D eigenvalue weighted by atomic mass is 9.98. The number of nitrogens with zero attached hydrogens (tertiary/aromatic N) is 1. The Morgan fingerprint density at radius 1 is 1.29 bits per heavy atom. The lowest BCUT2D eigenvalue weighted by Crippen LogP contribution is -2.52. The van der Waals surface area contributed by atoms with Crippen molar-refractivity contribution >= 4 is 11.8 Å². The van der Waals surface area contributed by atoms with Crippen molar-refractivity contribution in [1.82, 2.24) is 15.6 Å². The Bertz CT molecular complexity index is 828. The van der Waals surface area contributed by atoms with E-state index in [2.05, 4.69) is 15.6 Å². The largest absolute Gasteiger partial charge is 0.493 e. The first-order valence-electron chi connectivity index (χ1n) is 8.92. The predicted octanol–water partition coefficient (Wildman–Crippen LogP) is 1.01. The highest BCUT2D eigenvalue weighted by Crippen LogP contribution is 2.32. The quantitative estimate of drug-likeness (QED) is 0.738. The zero-order valence-electron chi connectivity index (χ0n) is 15.8. The minimum absolute atomic E-state index is 0.162. The fourth-order valence-corrected chi connectivity index (χ4v) is 3.06. The zero-order chi connectivity index (χ0) is 19.9. The number of ether oxygens (including phenoxy) is 3. The maximum Gasteiger partial charge on any atom is 0.251 e. The predicted molar refractivity (Wildman–Crippen MR) is 101 cm³/mol. The highest BCUT2D eigenvalue weighted by Gasteiger charge is 2.36. The van der Waals surface area contributed by atoms with Crippen LogP contribution in [0.25, 0.3) is 0 Å². The molecule has 1 aliphatic heterocycles. The third-order valence-corrected chi connectivity index (χ3v) is 4.47. The fraction of sp³-hybridized carbons (Fsp3) is 0.350. The minimum atomic E-state index is -0.843. The molecule has 2 atom stereocenters. The summed E-state index contributed by atoms with van der Waals surface area (Å²) in [5, 5.41) is 5.70. The molecule has 0 radical (unpaired) electrons. The molecule has 2 aromatic rings. The van der Waals surface area contributed by atoms with E-state index in [0.717, 1.165) is 5.56 Å². The molecule has 2 N–H and O–H groups in total. The van der Waals surface area contributed by atoms with Crippen molar-refractivity contribution < 1.29 is 23.8 Å². The van der Waals surface area contributed by atoms with Crippen LogP contribution in [-0.2, 0) is 20.7 Å². The Balaban J connectivity index is 1.71. The van der Waals surface area contributed by atoms with Crippen LogP contribution < -0.4 is 20.1 Å². The first-order valence-corrected chi connectivity index (χ1v) is 8.92. The van der Waals surface area contributed by atoms with Gasteiger partial charge in [-0.2, -0.15) is 0 Å². The zero-order valence-corrected chi connectivity index (χ0v) is 15.8. The molecule has 3 rings (SSSR count). The summed E-state index contributed by atoms with van der Waals surface area (Å²) in [5.74, 6) is 0.505. The summed E-state index contributed by atoms with van der Waals surface area (Å²) in [6.45, 7) is 0.279. The molecule has 2 heterocycles. The molecule has 0 unspecified atom stereocenters. The van der Waals surface area contributed by atoms with Crippen LogP contribution in [0.2, 0.25) is 0 Å². The van der Waals surface area contributed by atoms with Crippen LogP contribution in [0.4, 0.5) is 0 Å². The van der Waals surface area contributed by atoms with Gasteiger partial charge in [0.25, 0.3) is 5.91 Å². The van der Waals surface area contributed by atoms with Crippen molar-refractivity contribution in [2.45, 2.75) is 18.6 Å². The Hall–Kier alpha value is -3.13. The molecule has 0 saturated carbocycles. The van der Waals surface area contributed by atoms with Gasteiger partial charge in [0.15, 0.2) is 17.6 Å². The smallest absolute Gasteiger partial charge is 0.251 e. The first-order chi connectivity index (χ1) is 13.6. The Kier molecular flexibility index (Phi) is 6.44. The van der Waals surface area contributed by atoms with Gasteiger partial charge in [0, 0.05) is 18.9 Å². The molecule has 8 nitrogen and oxygen atoms in total. The molecule has 148 valence electrons. The van der Waals surface area contributed by atoms with Gasteiger partial charge >= 0.3 is 0 Å². The summed E-state index contributed by atoms with van der Waals surface area (Å²) in [6, 6.07) is 8.41. The van der Waals surface area contributed by atoms with E-state index in [1.54, 1.807) is 37.7 Å². The topological polar surface area (TPSA) is 98.8 Å². The molecule has 2 amide bonds. The van der Waals surface area contributed by atoms with E-state index in [1.807, 2.05) is 12.1 Å². The van der Waals surface area contributed by atoms with Gasteiger partial charge in [-0.05, 0) is 35.7 Å². The van der Waals surface area contributed by atoms with Gasteiger partial charge in [0.05, 0.1) is 20.3 Å². The summed E-state index contributed by atoms with van der Waals surface area (Å²) in [4.78, 5) is 28.6. The number of amides is 2. The Morgan fingerprint density at radius 3 is 2.82 bits per heavy atom. The van der Waals surface area contributed by atoms with Crippen LogP contribution in [0.1, 0.15) is 17.2 Å². The number of benzene rings is 1. The highest BCUT2D eigenvalue weighted by molar-refractivity contribution is 5.86. The van der Waals surface area contributed by atoms with Crippen molar-refractivity contribution in [2.75, 3.05) is 27.4 Å². The third-order valence-electron chi connectivity index (χ3n) is 4.47. The summed E-state index contributed by atoms with van der Waals surface area (Å²) < 4.78 is 16.1. The molecule has 28 heavy (non-hydrogen) atoms. The van der Waals surface area contributed by atoms with Crippen molar-refractivity contribution in [3.05, 3.63) is 53.9 Å². The summed E-state index contributed by atoms with van der Waals surface area (Å²) in [5.41, 5.74) is 1.72. The second-order valence-electron chi connectivity index (χ2n) is 6.29. The molecular weight excluding hydrogens is 362 g/mol. The van der Waals surface area contributed by atoms with Crippen molar-refractivity contribution in [1.29, 1.82) is 0 Å². The number of hydrogen-bond donors (Lipinski definition) is 2. The van der Waals surface area contributed by atoms with E-state index in [-0.39, 0.29) is 18.4 Å². The van der Waals surface area contributed by atoms with Crippen LogP contribution >= 0.6 is 0 Å². The van der Waals surface area contributed by atoms with Gasteiger partial charge in [-0.3, -0.25) is 14.6 Å². The van der Waals surface area contributed by atoms with Crippen molar-refractivity contribution in [3.63, 3.8) is 0 Å². The van der Waals surface area contributed by atoms with Crippen LogP contribution in [0.15, 0.2) is 42.7 Å². The number of rotatable bonds is 7. The molecule has 1 aromatic carbocycles. The van der Waals surface area contributed by atoms with Crippen LogP contribution in [0.3, 0.4) is 0 Å². The molecule has 1 saturated heterocycles. The molecule has 0 spiro atoms. The van der Waals surface area contributed by atoms with E-state index in [0.29, 0.717) is 30.0 Å². The van der Waals surface area contributed by atoms with Gasteiger partial charge < -0.3 is 24.8 Å². The van der Waals surface area contributed by atoms with Gasteiger partial charge in [0.1, 0.15) is 6.61 Å². The maximum atomic E-state index is 12.7. The van der Waals surface area contributed by atoms with Gasteiger partial charge in [-0.1, -0.05) is 12.1 Å². The van der Waals surface area contributed by atoms with Crippen LogP contribution in [0.5, 0.6) is 11.5 Å². The lowest BCUT2D eigenvalue weighted by Gasteiger charge is -2.32. The number of aromatic nitrogens is 1. The summed E-state index contributed by atoms with van der Waals surface area (Å²) in [7, 11) is 3.07. The van der Waals surface area contributed by atoms with E-state index in [1.165, 1.54) is 7.11 Å². The Morgan fingerprint density at radius 2 is 2.11 bits per heavy atom. The number of hydrogen-bond acceptors (Lipinski definition) is 6. The van der Waals surface area contributed by atoms with Crippen LogP contribution in [-0.4, -0.2) is 50.3 Å². The first kappa shape index (κ1) is 19.6. The molecule has 8 heteroatoms. The molecular formula is C20H23N3O5. The standard InChI is InChI=1S/C20H23N3O5/c1-26-15-6-5-14(10-16(15)27-2)18-19(28-12-17(24)23-18)20(25)22-9-7-13-4-3-8-21-11-13/h3-6,8,10-11,18-19H,7,9,12H2,1-2H3,(H,22,25)(H,23,24)/t18-,19+/m1/s1. The minimum Gasteiger partial charge on any atom is -0.493 e. The van der Waals surface area contributed by atoms with Gasteiger partial charge in [-0.15, -0.1) is 0 Å².